The van der Waals surface area contributed by atoms with Crippen LogP contribution < -0.4 is 4.74 Å². The van der Waals surface area contributed by atoms with Crippen LogP contribution >= 0.6 is 0 Å². The van der Waals surface area contributed by atoms with E-state index in [2.05, 4.69) is 0 Å². The zero-order valence-corrected chi connectivity index (χ0v) is 11.3. The molecule has 1 aromatic carbocycles. The molecular formula is C15H17NO3. The van der Waals surface area contributed by atoms with Gasteiger partial charge < -0.3 is 14.0 Å². The van der Waals surface area contributed by atoms with Crippen molar-refractivity contribution in [2.24, 2.45) is 0 Å². The van der Waals surface area contributed by atoms with Gasteiger partial charge in [0, 0.05) is 23.9 Å². The Hall–Kier alpha value is -2.23. The smallest absolute Gasteiger partial charge is 0.355 e. The summed E-state index contributed by atoms with van der Waals surface area (Å²) in [6.45, 7) is 2.69. The second kappa shape index (κ2) is 5.61. The average molecular weight is 259 g/mol. The molecule has 0 fully saturated rings. The molecule has 1 heterocycles. The first-order chi connectivity index (χ1) is 9.22. The highest BCUT2D eigenvalue weighted by atomic mass is 16.5. The maximum atomic E-state index is 12.0. The van der Waals surface area contributed by atoms with E-state index < -0.39 is 0 Å². The summed E-state index contributed by atoms with van der Waals surface area (Å²) < 4.78 is 12.1. The molecule has 0 atom stereocenters. The molecule has 2 aromatic rings. The number of hydrogen-bond donors (Lipinski definition) is 0. The van der Waals surface area contributed by atoms with E-state index in [0.29, 0.717) is 12.2 Å². The van der Waals surface area contributed by atoms with Gasteiger partial charge in [-0.15, -0.1) is 0 Å². The van der Waals surface area contributed by atoms with Crippen molar-refractivity contribution in [2.75, 3.05) is 14.2 Å². The molecule has 0 spiro atoms. The maximum absolute atomic E-state index is 12.0. The maximum Gasteiger partial charge on any atom is 0.355 e. The Morgan fingerprint density at radius 1 is 1.16 bits per heavy atom. The van der Waals surface area contributed by atoms with Crippen molar-refractivity contribution in [2.45, 2.75) is 13.5 Å². The van der Waals surface area contributed by atoms with Gasteiger partial charge in [-0.25, -0.2) is 4.79 Å². The van der Waals surface area contributed by atoms with Crippen molar-refractivity contribution in [3.8, 4) is 16.9 Å². The van der Waals surface area contributed by atoms with Gasteiger partial charge in [-0.1, -0.05) is 18.2 Å². The Labute approximate surface area is 112 Å². The van der Waals surface area contributed by atoms with E-state index in [1.54, 1.807) is 7.11 Å². The van der Waals surface area contributed by atoms with Gasteiger partial charge in [0.1, 0.15) is 11.4 Å². The normalized spacial score (nSPS) is 10.3. The van der Waals surface area contributed by atoms with Crippen LogP contribution in [0.25, 0.3) is 11.1 Å². The summed E-state index contributed by atoms with van der Waals surface area (Å²) in [5, 5.41) is 0. The number of aromatic nitrogens is 1. The second-order valence-electron chi connectivity index (χ2n) is 4.06. The highest BCUT2D eigenvalue weighted by Gasteiger charge is 2.20. The monoisotopic (exact) mass is 259 g/mol. The lowest BCUT2D eigenvalue weighted by molar-refractivity contribution is 0.0589. The van der Waals surface area contributed by atoms with Gasteiger partial charge in [0.15, 0.2) is 0 Å². The van der Waals surface area contributed by atoms with E-state index in [4.69, 9.17) is 9.47 Å². The summed E-state index contributed by atoms with van der Waals surface area (Å²) in [6, 6.07) is 9.53. The number of para-hydroxylation sites is 1. The number of rotatable bonds is 4. The number of hydrogen-bond acceptors (Lipinski definition) is 3. The lowest BCUT2D eigenvalue weighted by Crippen LogP contribution is -2.10. The third-order valence-electron chi connectivity index (χ3n) is 3.08. The molecule has 100 valence electrons. The average Bonchev–Trinajstić information content (AvgIpc) is 2.90. The van der Waals surface area contributed by atoms with Crippen LogP contribution in [0.5, 0.6) is 5.75 Å². The van der Waals surface area contributed by atoms with Crippen LogP contribution in [0.4, 0.5) is 0 Å². The van der Waals surface area contributed by atoms with Crippen LogP contribution in [-0.4, -0.2) is 24.8 Å². The third-order valence-corrected chi connectivity index (χ3v) is 3.08. The van der Waals surface area contributed by atoms with Gasteiger partial charge in [0.05, 0.1) is 14.2 Å². The van der Waals surface area contributed by atoms with Gasteiger partial charge in [0.25, 0.3) is 0 Å². The van der Waals surface area contributed by atoms with Crippen molar-refractivity contribution < 1.29 is 14.3 Å². The highest BCUT2D eigenvalue weighted by Crippen LogP contribution is 2.33. The van der Waals surface area contributed by atoms with Gasteiger partial charge >= 0.3 is 5.97 Å². The number of carbonyl (C=O) groups is 1. The van der Waals surface area contributed by atoms with E-state index in [-0.39, 0.29) is 5.97 Å². The topological polar surface area (TPSA) is 40.5 Å². The Morgan fingerprint density at radius 2 is 1.89 bits per heavy atom. The van der Waals surface area contributed by atoms with Gasteiger partial charge in [-0.05, 0) is 19.1 Å². The molecule has 0 saturated carbocycles. The number of nitrogens with zero attached hydrogens (tertiary/aromatic N) is 1. The molecule has 0 N–H and O–H groups in total. The van der Waals surface area contributed by atoms with E-state index in [0.717, 1.165) is 16.9 Å². The molecule has 19 heavy (non-hydrogen) atoms. The Morgan fingerprint density at radius 3 is 2.53 bits per heavy atom. The first kappa shape index (κ1) is 13.2. The number of ether oxygens (including phenoxy) is 2. The molecule has 1 aromatic heterocycles. The molecule has 0 aliphatic rings. The fourth-order valence-electron chi connectivity index (χ4n) is 2.14. The first-order valence-corrected chi connectivity index (χ1v) is 6.13. The van der Waals surface area contributed by atoms with Crippen molar-refractivity contribution >= 4 is 5.97 Å². The molecule has 0 bridgehead atoms. The van der Waals surface area contributed by atoms with E-state index in [9.17, 15) is 4.79 Å². The molecule has 0 amide bonds. The van der Waals surface area contributed by atoms with E-state index in [1.165, 1.54) is 7.11 Å². The quantitative estimate of drug-likeness (QED) is 0.792. The largest absolute Gasteiger partial charge is 0.496 e. The van der Waals surface area contributed by atoms with Gasteiger partial charge in [0.2, 0.25) is 0 Å². The molecule has 0 radical (unpaired) electrons. The van der Waals surface area contributed by atoms with Crippen LogP contribution in [0.15, 0.2) is 36.5 Å². The summed E-state index contributed by atoms with van der Waals surface area (Å²) in [5.74, 6) is 0.397. The van der Waals surface area contributed by atoms with Crippen LogP contribution in [0.2, 0.25) is 0 Å². The molecule has 4 heteroatoms. The van der Waals surface area contributed by atoms with E-state index in [1.807, 2.05) is 48.0 Å². The standard InChI is InChI=1S/C15H17NO3/c1-4-16-10-9-12(14(16)15(17)19-3)11-7-5-6-8-13(11)18-2/h5-10H,4H2,1-3H3. The molecule has 4 nitrogen and oxygen atoms in total. The lowest BCUT2D eigenvalue weighted by atomic mass is 10.0. The Bertz CT molecular complexity index is 587. The second-order valence-corrected chi connectivity index (χ2v) is 4.06. The van der Waals surface area contributed by atoms with Gasteiger partial charge in [-0.2, -0.15) is 0 Å². The molecule has 0 aliphatic carbocycles. The molecular weight excluding hydrogens is 242 g/mol. The Balaban J connectivity index is 2.62. The predicted octanol–water partition coefficient (Wildman–Crippen LogP) is 2.97. The summed E-state index contributed by atoms with van der Waals surface area (Å²) in [7, 11) is 3.01. The Kier molecular flexibility index (Phi) is 3.90. The number of esters is 1. The minimum absolute atomic E-state index is 0.340. The number of aryl methyl sites for hydroxylation is 1. The number of methoxy groups -OCH3 is 2. The SMILES string of the molecule is CCn1ccc(-c2ccccc2OC)c1C(=O)OC. The fraction of sp³-hybridized carbons (Fsp3) is 0.267. The van der Waals surface area contributed by atoms with Crippen LogP contribution in [0.3, 0.4) is 0 Å². The number of carbonyl (C=O) groups excluding carboxylic acids is 1. The third kappa shape index (κ3) is 2.34. The zero-order valence-electron chi connectivity index (χ0n) is 11.3. The molecule has 0 aliphatic heterocycles. The van der Waals surface area contributed by atoms with Crippen molar-refractivity contribution in [3.05, 3.63) is 42.2 Å². The van der Waals surface area contributed by atoms with Crippen molar-refractivity contribution in [3.63, 3.8) is 0 Å². The van der Waals surface area contributed by atoms with Crippen LogP contribution in [-0.2, 0) is 11.3 Å². The minimum Gasteiger partial charge on any atom is -0.496 e. The summed E-state index contributed by atoms with van der Waals surface area (Å²) in [5.41, 5.74) is 2.26. The summed E-state index contributed by atoms with van der Waals surface area (Å²) in [4.78, 5) is 12.0. The molecule has 2 rings (SSSR count). The fourth-order valence-corrected chi connectivity index (χ4v) is 2.14. The minimum atomic E-state index is -0.340. The molecule has 0 saturated heterocycles. The summed E-state index contributed by atoms with van der Waals surface area (Å²) >= 11 is 0. The molecule has 0 unspecified atom stereocenters. The zero-order chi connectivity index (χ0) is 13.8. The van der Waals surface area contributed by atoms with Crippen molar-refractivity contribution in [1.29, 1.82) is 0 Å². The van der Waals surface area contributed by atoms with Crippen LogP contribution in [0.1, 0.15) is 17.4 Å². The highest BCUT2D eigenvalue weighted by molar-refractivity contribution is 5.96. The predicted molar refractivity (Wildman–Crippen MR) is 73.4 cm³/mol. The van der Waals surface area contributed by atoms with Crippen molar-refractivity contribution in [1.82, 2.24) is 4.57 Å². The van der Waals surface area contributed by atoms with Crippen LogP contribution in [0, 0.1) is 0 Å². The number of benzene rings is 1. The summed E-state index contributed by atoms with van der Waals surface area (Å²) in [6.07, 6.45) is 1.88. The van der Waals surface area contributed by atoms with E-state index >= 15 is 0 Å². The first-order valence-electron chi connectivity index (χ1n) is 6.13. The lowest BCUT2D eigenvalue weighted by Gasteiger charge is -2.10. The van der Waals surface area contributed by atoms with Gasteiger partial charge in [-0.3, -0.25) is 0 Å².